The van der Waals surface area contributed by atoms with Gasteiger partial charge in [-0.15, -0.1) is 0 Å². The van der Waals surface area contributed by atoms with Gasteiger partial charge in [0.2, 0.25) is 0 Å². The fourth-order valence-electron chi connectivity index (χ4n) is 5.00. The van der Waals surface area contributed by atoms with Crippen molar-refractivity contribution in [3.8, 4) is 11.5 Å². The van der Waals surface area contributed by atoms with E-state index in [1.165, 1.54) is 12.0 Å². The molecule has 0 bridgehead atoms. The van der Waals surface area contributed by atoms with Gasteiger partial charge in [0.25, 0.3) is 5.91 Å². The standard InChI is InChI=1S/C25H32N2O3/c1-29-21-10-11-22(24(17-21)30-2)25(28)27-14-6-9-20-18-26(16-13-23(20)27)15-12-19-7-4-3-5-8-19/h3-5,7-8,10-11,17,20,23H,6,9,12-16,18H2,1-2H3/t20-,23+/m1/s1. The maximum absolute atomic E-state index is 13.4. The molecule has 0 aliphatic carbocycles. The number of rotatable bonds is 6. The van der Waals surface area contributed by atoms with E-state index >= 15 is 0 Å². The average Bonchev–Trinajstić information content (AvgIpc) is 2.82. The molecule has 2 aliphatic heterocycles. The third-order valence-electron chi connectivity index (χ3n) is 6.61. The molecule has 2 aromatic carbocycles. The summed E-state index contributed by atoms with van der Waals surface area (Å²) in [5.41, 5.74) is 2.03. The first kappa shape index (κ1) is 20.7. The molecule has 2 aliphatic rings. The van der Waals surface area contributed by atoms with E-state index in [2.05, 4.69) is 40.1 Å². The van der Waals surface area contributed by atoms with Crippen molar-refractivity contribution in [3.63, 3.8) is 0 Å². The molecule has 2 atom stereocenters. The number of methoxy groups -OCH3 is 2. The lowest BCUT2D eigenvalue weighted by Crippen LogP contribution is -2.56. The van der Waals surface area contributed by atoms with Crippen molar-refractivity contribution in [1.29, 1.82) is 0 Å². The molecule has 1 amide bonds. The summed E-state index contributed by atoms with van der Waals surface area (Å²) in [6.07, 6.45) is 4.40. The van der Waals surface area contributed by atoms with Crippen LogP contribution in [0.2, 0.25) is 0 Å². The van der Waals surface area contributed by atoms with Gasteiger partial charge in [0, 0.05) is 38.3 Å². The lowest BCUT2D eigenvalue weighted by molar-refractivity contribution is 0.0202. The van der Waals surface area contributed by atoms with E-state index in [1.807, 2.05) is 12.1 Å². The zero-order valence-corrected chi connectivity index (χ0v) is 18.0. The Morgan fingerprint density at radius 3 is 2.63 bits per heavy atom. The number of piperidine rings is 2. The van der Waals surface area contributed by atoms with Crippen LogP contribution in [0.3, 0.4) is 0 Å². The summed E-state index contributed by atoms with van der Waals surface area (Å²) in [7, 11) is 3.23. The first-order valence-corrected chi connectivity index (χ1v) is 11.0. The quantitative estimate of drug-likeness (QED) is 0.728. The van der Waals surface area contributed by atoms with Crippen LogP contribution in [-0.4, -0.2) is 62.1 Å². The molecule has 160 valence electrons. The zero-order chi connectivity index (χ0) is 20.9. The third-order valence-corrected chi connectivity index (χ3v) is 6.61. The summed E-state index contributed by atoms with van der Waals surface area (Å²) in [4.78, 5) is 18.1. The van der Waals surface area contributed by atoms with E-state index in [0.717, 1.165) is 45.4 Å². The first-order valence-electron chi connectivity index (χ1n) is 11.0. The van der Waals surface area contributed by atoms with Crippen LogP contribution in [0.1, 0.15) is 35.2 Å². The average molecular weight is 409 g/mol. The van der Waals surface area contributed by atoms with Gasteiger partial charge >= 0.3 is 0 Å². The van der Waals surface area contributed by atoms with Crippen molar-refractivity contribution in [3.05, 3.63) is 59.7 Å². The zero-order valence-electron chi connectivity index (χ0n) is 18.0. The van der Waals surface area contributed by atoms with Gasteiger partial charge in [-0.25, -0.2) is 0 Å². The Hall–Kier alpha value is -2.53. The number of hydrogen-bond acceptors (Lipinski definition) is 4. The molecule has 0 aromatic heterocycles. The van der Waals surface area contributed by atoms with Crippen molar-refractivity contribution in [2.24, 2.45) is 5.92 Å². The second kappa shape index (κ2) is 9.52. The molecule has 30 heavy (non-hydrogen) atoms. The SMILES string of the molecule is COc1ccc(C(=O)N2CCC[C@@H]3CN(CCc4ccccc4)CC[C@@H]32)c(OC)c1. The molecule has 2 heterocycles. The molecule has 0 spiro atoms. The highest BCUT2D eigenvalue weighted by Gasteiger charge is 2.38. The molecule has 0 saturated carbocycles. The number of likely N-dealkylation sites (tertiary alicyclic amines) is 2. The molecule has 5 heteroatoms. The van der Waals surface area contributed by atoms with Gasteiger partial charge in [-0.05, 0) is 49.3 Å². The summed E-state index contributed by atoms with van der Waals surface area (Å²) in [6.45, 7) is 4.06. The molecule has 2 fully saturated rings. The molecular formula is C25H32N2O3. The monoisotopic (exact) mass is 408 g/mol. The van der Waals surface area contributed by atoms with Crippen LogP contribution in [0.15, 0.2) is 48.5 Å². The Labute approximate surface area is 179 Å². The van der Waals surface area contributed by atoms with Gasteiger partial charge < -0.3 is 19.3 Å². The van der Waals surface area contributed by atoms with Crippen molar-refractivity contribution >= 4 is 5.91 Å². The van der Waals surface area contributed by atoms with Crippen LogP contribution >= 0.6 is 0 Å². The Kier molecular flexibility index (Phi) is 6.58. The smallest absolute Gasteiger partial charge is 0.257 e. The molecule has 0 radical (unpaired) electrons. The van der Waals surface area contributed by atoms with E-state index in [4.69, 9.17) is 9.47 Å². The first-order chi connectivity index (χ1) is 14.7. The lowest BCUT2D eigenvalue weighted by Gasteiger charge is -2.47. The van der Waals surface area contributed by atoms with Crippen molar-refractivity contribution < 1.29 is 14.3 Å². The van der Waals surface area contributed by atoms with Gasteiger partial charge in [-0.1, -0.05) is 30.3 Å². The molecule has 4 rings (SSSR count). The summed E-state index contributed by atoms with van der Waals surface area (Å²) >= 11 is 0. The van der Waals surface area contributed by atoms with Crippen LogP contribution < -0.4 is 9.47 Å². The number of hydrogen-bond donors (Lipinski definition) is 0. The second-order valence-corrected chi connectivity index (χ2v) is 8.36. The van der Waals surface area contributed by atoms with Gasteiger partial charge in [0.05, 0.1) is 19.8 Å². The van der Waals surface area contributed by atoms with E-state index in [9.17, 15) is 4.79 Å². The Balaban J connectivity index is 1.42. The number of amides is 1. The Morgan fingerprint density at radius 1 is 1.03 bits per heavy atom. The number of nitrogens with zero attached hydrogens (tertiary/aromatic N) is 2. The second-order valence-electron chi connectivity index (χ2n) is 8.36. The normalized spacial score (nSPS) is 21.7. The van der Waals surface area contributed by atoms with E-state index in [0.29, 0.717) is 29.0 Å². The van der Waals surface area contributed by atoms with Crippen molar-refractivity contribution in [1.82, 2.24) is 9.80 Å². The molecule has 2 saturated heterocycles. The highest BCUT2D eigenvalue weighted by molar-refractivity contribution is 5.97. The Bertz CT molecular complexity index is 855. The maximum Gasteiger partial charge on any atom is 0.257 e. The van der Waals surface area contributed by atoms with Crippen molar-refractivity contribution in [2.45, 2.75) is 31.7 Å². The molecule has 2 aromatic rings. The van der Waals surface area contributed by atoms with E-state index < -0.39 is 0 Å². The Morgan fingerprint density at radius 2 is 1.87 bits per heavy atom. The fraction of sp³-hybridized carbons (Fsp3) is 0.480. The van der Waals surface area contributed by atoms with E-state index in [1.54, 1.807) is 20.3 Å². The number of carbonyl (C=O) groups excluding carboxylic acids is 1. The van der Waals surface area contributed by atoms with Crippen LogP contribution in [0.25, 0.3) is 0 Å². The number of fused-ring (bicyclic) bond motifs is 1. The summed E-state index contributed by atoms with van der Waals surface area (Å²) in [6, 6.07) is 16.5. The number of benzene rings is 2. The number of ether oxygens (including phenoxy) is 2. The fourth-order valence-corrected chi connectivity index (χ4v) is 5.00. The van der Waals surface area contributed by atoms with Crippen LogP contribution in [0.4, 0.5) is 0 Å². The summed E-state index contributed by atoms with van der Waals surface area (Å²) in [5, 5.41) is 0. The minimum Gasteiger partial charge on any atom is -0.497 e. The minimum atomic E-state index is 0.0851. The molecular weight excluding hydrogens is 376 g/mol. The highest BCUT2D eigenvalue weighted by atomic mass is 16.5. The van der Waals surface area contributed by atoms with Crippen LogP contribution in [-0.2, 0) is 6.42 Å². The maximum atomic E-state index is 13.4. The van der Waals surface area contributed by atoms with E-state index in [-0.39, 0.29) is 5.91 Å². The van der Waals surface area contributed by atoms with Gasteiger partial charge in [-0.3, -0.25) is 4.79 Å². The molecule has 0 N–H and O–H groups in total. The molecule has 0 unspecified atom stereocenters. The van der Waals surface area contributed by atoms with Crippen LogP contribution in [0, 0.1) is 5.92 Å². The topological polar surface area (TPSA) is 42.0 Å². The van der Waals surface area contributed by atoms with Gasteiger partial charge in [-0.2, -0.15) is 0 Å². The predicted molar refractivity (Wildman–Crippen MR) is 118 cm³/mol. The number of carbonyl (C=O) groups is 1. The van der Waals surface area contributed by atoms with Gasteiger partial charge in [0.1, 0.15) is 11.5 Å². The third kappa shape index (κ3) is 4.46. The highest BCUT2D eigenvalue weighted by Crippen LogP contribution is 2.34. The predicted octanol–water partition coefficient (Wildman–Crippen LogP) is 3.87. The van der Waals surface area contributed by atoms with Crippen LogP contribution in [0.5, 0.6) is 11.5 Å². The minimum absolute atomic E-state index is 0.0851. The lowest BCUT2D eigenvalue weighted by atomic mass is 9.83. The van der Waals surface area contributed by atoms with Gasteiger partial charge in [0.15, 0.2) is 0 Å². The van der Waals surface area contributed by atoms with Crippen molar-refractivity contribution in [2.75, 3.05) is 40.4 Å². The summed E-state index contributed by atoms with van der Waals surface area (Å²) < 4.78 is 10.8. The molecule has 5 nitrogen and oxygen atoms in total. The largest absolute Gasteiger partial charge is 0.497 e. The summed E-state index contributed by atoms with van der Waals surface area (Å²) in [5.74, 6) is 1.92.